The predicted octanol–water partition coefficient (Wildman–Crippen LogP) is 2.07. The molecule has 0 aromatic heterocycles. The zero-order valence-electron chi connectivity index (χ0n) is 8.07. The van der Waals surface area contributed by atoms with Gasteiger partial charge in [-0.2, -0.15) is 4.89 Å². The summed E-state index contributed by atoms with van der Waals surface area (Å²) in [7, 11) is 3.25. The third kappa shape index (κ3) is 2.56. The first-order valence-corrected chi connectivity index (χ1v) is 4.02. The molecule has 0 atom stereocenters. The van der Waals surface area contributed by atoms with Crippen LogP contribution in [0, 0.1) is 0 Å². The van der Waals surface area contributed by atoms with Crippen molar-refractivity contribution in [1.29, 1.82) is 0 Å². The van der Waals surface area contributed by atoms with Crippen LogP contribution in [0.5, 0.6) is 5.75 Å². The van der Waals surface area contributed by atoms with Gasteiger partial charge >= 0.3 is 0 Å². The Morgan fingerprint density at radius 2 is 1.85 bits per heavy atom. The van der Waals surface area contributed by atoms with Gasteiger partial charge in [-0.05, 0) is 36.8 Å². The Kier molecular flexibility index (Phi) is 3.46. The Balaban J connectivity index is 2.81. The lowest BCUT2D eigenvalue weighted by Gasteiger charge is -2.02. The molecule has 0 amide bonds. The van der Waals surface area contributed by atoms with Gasteiger partial charge < -0.3 is 4.89 Å². The number of hydrogen-bond donors (Lipinski definition) is 0. The molecule has 0 spiro atoms. The van der Waals surface area contributed by atoms with Gasteiger partial charge in [-0.3, -0.25) is 4.99 Å². The monoisotopic (exact) mass is 179 g/mol. The fourth-order valence-electron chi connectivity index (χ4n) is 0.977. The molecule has 0 unspecified atom stereocenters. The molecule has 0 heterocycles. The summed E-state index contributed by atoms with van der Waals surface area (Å²) in [5.41, 5.74) is 2.09. The standard InChI is InChI=1S/C10H13NO2/c1-8(11-2)9-4-6-10(7-5-9)13-12-3/h4-7H,1-3H3/b11-8+. The molecule has 70 valence electrons. The molecule has 0 saturated heterocycles. The minimum atomic E-state index is 0.690. The van der Waals surface area contributed by atoms with E-state index < -0.39 is 0 Å². The highest BCUT2D eigenvalue weighted by Gasteiger charge is 1.97. The van der Waals surface area contributed by atoms with Gasteiger partial charge in [0.1, 0.15) is 0 Å². The van der Waals surface area contributed by atoms with Crippen molar-refractivity contribution >= 4 is 5.71 Å². The van der Waals surface area contributed by atoms with Gasteiger partial charge in [-0.15, -0.1) is 0 Å². The van der Waals surface area contributed by atoms with Crippen LogP contribution < -0.4 is 4.89 Å². The minimum absolute atomic E-state index is 0.690. The van der Waals surface area contributed by atoms with Crippen molar-refractivity contribution in [3.05, 3.63) is 29.8 Å². The minimum Gasteiger partial charge on any atom is -0.338 e. The highest BCUT2D eigenvalue weighted by Crippen LogP contribution is 2.12. The molecule has 1 aromatic carbocycles. The lowest BCUT2D eigenvalue weighted by Crippen LogP contribution is -1.95. The molecular weight excluding hydrogens is 166 g/mol. The van der Waals surface area contributed by atoms with Gasteiger partial charge in [0.15, 0.2) is 5.75 Å². The van der Waals surface area contributed by atoms with Crippen LogP contribution in [0.25, 0.3) is 0 Å². The first-order valence-electron chi connectivity index (χ1n) is 4.02. The molecule has 0 aliphatic rings. The summed E-state index contributed by atoms with van der Waals surface area (Å²) in [6.07, 6.45) is 0. The summed E-state index contributed by atoms with van der Waals surface area (Å²) < 4.78 is 0. The molecular formula is C10H13NO2. The second-order valence-electron chi connectivity index (χ2n) is 2.58. The first-order chi connectivity index (χ1) is 6.27. The Morgan fingerprint density at radius 1 is 1.23 bits per heavy atom. The summed E-state index contributed by atoms with van der Waals surface area (Å²) in [6.45, 7) is 1.96. The quantitative estimate of drug-likeness (QED) is 0.404. The Labute approximate surface area is 77.9 Å². The highest BCUT2D eigenvalue weighted by molar-refractivity contribution is 5.98. The van der Waals surface area contributed by atoms with Crippen LogP contribution in [-0.4, -0.2) is 19.9 Å². The fraction of sp³-hybridized carbons (Fsp3) is 0.300. The van der Waals surface area contributed by atoms with Crippen molar-refractivity contribution in [1.82, 2.24) is 0 Å². The first kappa shape index (κ1) is 9.74. The lowest BCUT2D eigenvalue weighted by molar-refractivity contribution is -0.178. The third-order valence-corrected chi connectivity index (χ3v) is 1.79. The van der Waals surface area contributed by atoms with Gasteiger partial charge in [0.05, 0.1) is 7.11 Å². The van der Waals surface area contributed by atoms with Crippen LogP contribution in [0.4, 0.5) is 0 Å². The fourth-order valence-corrected chi connectivity index (χ4v) is 0.977. The van der Waals surface area contributed by atoms with Crippen molar-refractivity contribution < 1.29 is 9.78 Å². The smallest absolute Gasteiger partial charge is 0.165 e. The molecule has 13 heavy (non-hydrogen) atoms. The molecule has 3 nitrogen and oxygen atoms in total. The average Bonchev–Trinajstić information content (AvgIpc) is 2.18. The molecule has 1 rings (SSSR count). The van der Waals surface area contributed by atoms with Gasteiger partial charge in [0, 0.05) is 12.8 Å². The summed E-state index contributed by atoms with van der Waals surface area (Å²) >= 11 is 0. The largest absolute Gasteiger partial charge is 0.338 e. The van der Waals surface area contributed by atoms with Gasteiger partial charge in [0.2, 0.25) is 0 Å². The summed E-state index contributed by atoms with van der Waals surface area (Å²) in [5.74, 6) is 0.690. The Morgan fingerprint density at radius 3 is 2.31 bits per heavy atom. The molecule has 0 bridgehead atoms. The van der Waals surface area contributed by atoms with Crippen molar-refractivity contribution in [3.63, 3.8) is 0 Å². The topological polar surface area (TPSA) is 30.8 Å². The van der Waals surface area contributed by atoms with E-state index in [1.807, 2.05) is 31.2 Å². The van der Waals surface area contributed by atoms with Gasteiger partial charge in [-0.25, -0.2) is 0 Å². The van der Waals surface area contributed by atoms with Crippen molar-refractivity contribution in [2.45, 2.75) is 6.92 Å². The maximum Gasteiger partial charge on any atom is 0.165 e. The summed E-state index contributed by atoms with van der Waals surface area (Å²) in [5, 5.41) is 0. The molecule has 0 aliphatic carbocycles. The molecule has 0 radical (unpaired) electrons. The van der Waals surface area contributed by atoms with Crippen LogP contribution in [0.15, 0.2) is 29.3 Å². The third-order valence-electron chi connectivity index (χ3n) is 1.79. The molecule has 0 N–H and O–H groups in total. The van der Waals surface area contributed by atoms with Crippen molar-refractivity contribution in [2.75, 3.05) is 14.2 Å². The van der Waals surface area contributed by atoms with Crippen LogP contribution in [0.2, 0.25) is 0 Å². The van der Waals surface area contributed by atoms with E-state index in [0.29, 0.717) is 5.75 Å². The van der Waals surface area contributed by atoms with Crippen LogP contribution in [-0.2, 0) is 4.89 Å². The molecule has 3 heteroatoms. The molecule has 0 fully saturated rings. The molecule has 0 aliphatic heterocycles. The van der Waals surface area contributed by atoms with E-state index in [1.165, 1.54) is 7.11 Å². The zero-order chi connectivity index (χ0) is 9.68. The number of hydrogen-bond acceptors (Lipinski definition) is 3. The number of nitrogens with zero attached hydrogens (tertiary/aromatic N) is 1. The second-order valence-corrected chi connectivity index (χ2v) is 2.58. The predicted molar refractivity (Wildman–Crippen MR) is 52.2 cm³/mol. The SMILES string of the molecule is C/N=C(\C)c1ccc(OOC)cc1. The number of rotatable bonds is 3. The van der Waals surface area contributed by atoms with Gasteiger partial charge in [0.25, 0.3) is 0 Å². The molecule has 1 aromatic rings. The number of aliphatic imine (C=N–C) groups is 1. The van der Waals surface area contributed by atoms with E-state index in [9.17, 15) is 0 Å². The molecule has 0 saturated carbocycles. The lowest BCUT2D eigenvalue weighted by atomic mass is 10.1. The van der Waals surface area contributed by atoms with Crippen LogP contribution in [0.3, 0.4) is 0 Å². The Bertz CT molecular complexity index is 290. The maximum absolute atomic E-state index is 4.83. The van der Waals surface area contributed by atoms with Gasteiger partial charge in [-0.1, -0.05) is 0 Å². The van der Waals surface area contributed by atoms with E-state index in [0.717, 1.165) is 11.3 Å². The van der Waals surface area contributed by atoms with Crippen LogP contribution in [0.1, 0.15) is 12.5 Å². The maximum atomic E-state index is 4.83. The average molecular weight is 179 g/mol. The van der Waals surface area contributed by atoms with E-state index in [-0.39, 0.29) is 0 Å². The summed E-state index contributed by atoms with van der Waals surface area (Å²) in [4.78, 5) is 13.4. The zero-order valence-corrected chi connectivity index (χ0v) is 8.07. The van der Waals surface area contributed by atoms with E-state index >= 15 is 0 Å². The van der Waals surface area contributed by atoms with E-state index in [4.69, 9.17) is 4.89 Å². The van der Waals surface area contributed by atoms with Crippen molar-refractivity contribution in [2.24, 2.45) is 4.99 Å². The van der Waals surface area contributed by atoms with E-state index in [2.05, 4.69) is 9.88 Å². The normalized spacial score (nSPS) is 11.5. The van der Waals surface area contributed by atoms with E-state index in [1.54, 1.807) is 7.05 Å². The summed E-state index contributed by atoms with van der Waals surface area (Å²) in [6, 6.07) is 7.56. The highest BCUT2D eigenvalue weighted by atomic mass is 17.2. The van der Waals surface area contributed by atoms with Crippen LogP contribution >= 0.6 is 0 Å². The second kappa shape index (κ2) is 4.62. The Hall–Kier alpha value is -1.35. The number of benzene rings is 1. The van der Waals surface area contributed by atoms with Crippen molar-refractivity contribution in [3.8, 4) is 5.75 Å².